The SMILES string of the molecule is COCCCNc1nc(=S)nc(NC(C)C)[nH]1. The van der Waals surface area contributed by atoms with Crippen molar-refractivity contribution in [1.82, 2.24) is 15.0 Å². The molecule has 0 amide bonds. The van der Waals surface area contributed by atoms with Crippen molar-refractivity contribution >= 4 is 24.1 Å². The fourth-order valence-corrected chi connectivity index (χ4v) is 1.42. The van der Waals surface area contributed by atoms with E-state index < -0.39 is 0 Å². The Kier molecular flexibility index (Phi) is 5.85. The van der Waals surface area contributed by atoms with Gasteiger partial charge in [0, 0.05) is 26.3 Å². The number of hydrogen-bond acceptors (Lipinski definition) is 6. The van der Waals surface area contributed by atoms with Crippen LogP contribution in [0.25, 0.3) is 0 Å². The van der Waals surface area contributed by atoms with E-state index >= 15 is 0 Å². The summed E-state index contributed by atoms with van der Waals surface area (Å²) in [7, 11) is 1.68. The highest BCUT2D eigenvalue weighted by molar-refractivity contribution is 7.71. The Labute approximate surface area is 106 Å². The number of nitrogens with one attached hydrogen (secondary N) is 3. The molecule has 0 aromatic carbocycles. The second kappa shape index (κ2) is 7.18. The quantitative estimate of drug-likeness (QED) is 0.511. The topological polar surface area (TPSA) is 74.9 Å². The van der Waals surface area contributed by atoms with Crippen molar-refractivity contribution in [1.29, 1.82) is 0 Å². The van der Waals surface area contributed by atoms with Crippen molar-refractivity contribution in [2.45, 2.75) is 26.3 Å². The average molecular weight is 257 g/mol. The molecule has 0 aliphatic heterocycles. The second-order valence-electron chi connectivity index (χ2n) is 3.90. The van der Waals surface area contributed by atoms with E-state index in [0.29, 0.717) is 16.7 Å². The molecule has 0 aliphatic rings. The van der Waals surface area contributed by atoms with Gasteiger partial charge in [0.05, 0.1) is 0 Å². The van der Waals surface area contributed by atoms with E-state index in [0.717, 1.165) is 19.6 Å². The Morgan fingerprint density at radius 1 is 1.35 bits per heavy atom. The first-order valence-electron chi connectivity index (χ1n) is 5.59. The maximum Gasteiger partial charge on any atom is 0.225 e. The van der Waals surface area contributed by atoms with Gasteiger partial charge in [-0.25, -0.2) is 0 Å². The number of aromatic amines is 1. The molecule has 3 N–H and O–H groups in total. The van der Waals surface area contributed by atoms with Gasteiger partial charge in [-0.15, -0.1) is 0 Å². The van der Waals surface area contributed by atoms with Gasteiger partial charge in [-0.3, -0.25) is 4.98 Å². The van der Waals surface area contributed by atoms with Gasteiger partial charge in [-0.2, -0.15) is 9.97 Å². The maximum absolute atomic E-state index is 4.99. The summed E-state index contributed by atoms with van der Waals surface area (Å²) < 4.78 is 5.28. The fraction of sp³-hybridized carbons (Fsp3) is 0.700. The number of aromatic nitrogens is 3. The molecule has 1 heterocycles. The van der Waals surface area contributed by atoms with Gasteiger partial charge in [0.2, 0.25) is 16.7 Å². The summed E-state index contributed by atoms with van der Waals surface area (Å²) in [4.78, 5) is 11.2. The van der Waals surface area contributed by atoms with Crippen LogP contribution in [0.5, 0.6) is 0 Å². The lowest BCUT2D eigenvalue weighted by Crippen LogP contribution is -2.15. The smallest absolute Gasteiger partial charge is 0.225 e. The minimum atomic E-state index is 0.289. The number of hydrogen-bond donors (Lipinski definition) is 3. The predicted octanol–water partition coefficient (Wildman–Crippen LogP) is 1.80. The standard InChI is InChI=1S/C10H19N5OS/c1-7(2)12-9-13-8(14-10(17)15-9)11-5-4-6-16-3/h7H,4-6H2,1-3H3,(H3,11,12,13,14,15,17). The Hall–Kier alpha value is -1.21. The van der Waals surface area contributed by atoms with E-state index in [2.05, 4.69) is 25.6 Å². The number of methoxy groups -OCH3 is 1. The summed E-state index contributed by atoms with van der Waals surface area (Å²) in [6, 6.07) is 0.289. The van der Waals surface area contributed by atoms with E-state index in [1.165, 1.54) is 0 Å². The van der Waals surface area contributed by atoms with Gasteiger partial charge in [0.1, 0.15) is 0 Å². The first-order valence-corrected chi connectivity index (χ1v) is 6.00. The van der Waals surface area contributed by atoms with E-state index in [1.54, 1.807) is 7.11 Å². The molecule has 7 heteroatoms. The van der Waals surface area contributed by atoms with Gasteiger partial charge in [-0.05, 0) is 32.5 Å². The van der Waals surface area contributed by atoms with E-state index in [-0.39, 0.29) is 6.04 Å². The molecule has 6 nitrogen and oxygen atoms in total. The number of H-pyrrole nitrogens is 1. The summed E-state index contributed by atoms with van der Waals surface area (Å²) in [5, 5.41) is 6.29. The highest BCUT2D eigenvalue weighted by Crippen LogP contribution is 2.04. The zero-order valence-electron chi connectivity index (χ0n) is 10.4. The molecular formula is C10H19N5OS. The maximum atomic E-state index is 4.99. The van der Waals surface area contributed by atoms with Crippen molar-refractivity contribution in [2.75, 3.05) is 30.9 Å². The summed E-state index contributed by atoms with van der Waals surface area (Å²) in [6.07, 6.45) is 0.911. The van der Waals surface area contributed by atoms with Crippen LogP contribution < -0.4 is 10.6 Å². The Bertz CT molecular complexity index is 393. The first kappa shape index (κ1) is 13.9. The molecule has 1 aromatic rings. The summed E-state index contributed by atoms with van der Waals surface area (Å²) in [5.74, 6) is 1.26. The van der Waals surface area contributed by atoms with Crippen LogP contribution in [0.15, 0.2) is 0 Å². The number of nitrogens with zero attached hydrogens (tertiary/aromatic N) is 2. The van der Waals surface area contributed by atoms with Crippen molar-refractivity contribution in [2.24, 2.45) is 0 Å². The minimum Gasteiger partial charge on any atom is -0.385 e. The summed E-state index contributed by atoms with van der Waals surface area (Å²) >= 11 is 4.99. The van der Waals surface area contributed by atoms with Gasteiger partial charge >= 0.3 is 0 Å². The summed E-state index contributed by atoms with van der Waals surface area (Å²) in [5.41, 5.74) is 0. The van der Waals surface area contributed by atoms with Crippen molar-refractivity contribution < 1.29 is 4.74 Å². The van der Waals surface area contributed by atoms with E-state index in [4.69, 9.17) is 17.0 Å². The normalized spacial score (nSPS) is 10.6. The average Bonchev–Trinajstić information content (AvgIpc) is 2.22. The molecule has 0 saturated carbocycles. The van der Waals surface area contributed by atoms with Crippen LogP contribution in [-0.4, -0.2) is 41.3 Å². The molecule has 0 spiro atoms. The van der Waals surface area contributed by atoms with Crippen molar-refractivity contribution in [3.63, 3.8) is 0 Å². The molecule has 0 radical (unpaired) electrons. The summed E-state index contributed by atoms with van der Waals surface area (Å²) in [6.45, 7) is 5.56. The van der Waals surface area contributed by atoms with Crippen LogP contribution in [0.4, 0.5) is 11.9 Å². The molecular weight excluding hydrogens is 238 g/mol. The Morgan fingerprint density at radius 3 is 2.71 bits per heavy atom. The third kappa shape index (κ3) is 5.60. The van der Waals surface area contributed by atoms with Gasteiger partial charge < -0.3 is 15.4 Å². The Morgan fingerprint density at radius 2 is 2.06 bits per heavy atom. The van der Waals surface area contributed by atoms with Gasteiger partial charge in [0.25, 0.3) is 0 Å². The monoisotopic (exact) mass is 257 g/mol. The molecule has 1 rings (SSSR count). The largest absolute Gasteiger partial charge is 0.385 e. The molecule has 0 aliphatic carbocycles. The van der Waals surface area contributed by atoms with E-state index in [9.17, 15) is 0 Å². The van der Waals surface area contributed by atoms with Gasteiger partial charge in [-0.1, -0.05) is 0 Å². The molecule has 0 unspecified atom stereocenters. The highest BCUT2D eigenvalue weighted by Gasteiger charge is 2.01. The van der Waals surface area contributed by atoms with Crippen LogP contribution in [0, 0.1) is 4.77 Å². The van der Waals surface area contributed by atoms with Crippen LogP contribution in [-0.2, 0) is 4.74 Å². The molecule has 0 saturated heterocycles. The molecule has 17 heavy (non-hydrogen) atoms. The zero-order chi connectivity index (χ0) is 12.7. The molecule has 0 fully saturated rings. The number of anilines is 2. The lowest BCUT2D eigenvalue weighted by Gasteiger charge is -2.10. The Balaban J connectivity index is 2.59. The molecule has 0 bridgehead atoms. The number of rotatable bonds is 7. The lowest BCUT2D eigenvalue weighted by molar-refractivity contribution is 0.197. The van der Waals surface area contributed by atoms with Crippen molar-refractivity contribution in [3.8, 4) is 0 Å². The van der Waals surface area contributed by atoms with Crippen LogP contribution in [0.1, 0.15) is 20.3 Å². The second-order valence-corrected chi connectivity index (χ2v) is 4.27. The molecule has 96 valence electrons. The first-order chi connectivity index (χ1) is 8.11. The molecule has 1 aromatic heterocycles. The van der Waals surface area contributed by atoms with Crippen LogP contribution in [0.3, 0.4) is 0 Å². The predicted molar refractivity (Wildman–Crippen MR) is 71.0 cm³/mol. The van der Waals surface area contributed by atoms with Crippen molar-refractivity contribution in [3.05, 3.63) is 4.77 Å². The van der Waals surface area contributed by atoms with Crippen LogP contribution in [0.2, 0.25) is 0 Å². The van der Waals surface area contributed by atoms with E-state index in [1.807, 2.05) is 13.8 Å². The lowest BCUT2D eigenvalue weighted by atomic mass is 10.4. The zero-order valence-corrected chi connectivity index (χ0v) is 11.2. The third-order valence-electron chi connectivity index (χ3n) is 1.89. The van der Waals surface area contributed by atoms with Gasteiger partial charge in [0.15, 0.2) is 0 Å². The number of ether oxygens (including phenoxy) is 1. The minimum absolute atomic E-state index is 0.289. The molecule has 0 atom stereocenters. The third-order valence-corrected chi connectivity index (χ3v) is 2.08. The van der Waals surface area contributed by atoms with Crippen LogP contribution >= 0.6 is 12.2 Å². The fourth-order valence-electron chi connectivity index (χ4n) is 1.23. The highest BCUT2D eigenvalue weighted by atomic mass is 32.1.